The lowest BCUT2D eigenvalue weighted by Crippen LogP contribution is -2.41. The molecule has 0 bridgehead atoms. The van der Waals surface area contributed by atoms with Crippen LogP contribution in [0.15, 0.2) is 24.3 Å². The third-order valence-electron chi connectivity index (χ3n) is 3.08. The lowest BCUT2D eigenvalue weighted by atomic mass is 10.2. The number of carbonyl (C=O) groups is 2. The van der Waals surface area contributed by atoms with E-state index >= 15 is 0 Å². The Kier molecular flexibility index (Phi) is 7.91. The molecule has 0 spiro atoms. The van der Waals surface area contributed by atoms with Crippen molar-refractivity contribution in [3.8, 4) is 0 Å². The highest BCUT2D eigenvalue weighted by Gasteiger charge is 2.12. The van der Waals surface area contributed by atoms with E-state index in [1.54, 1.807) is 36.2 Å². The van der Waals surface area contributed by atoms with Crippen molar-refractivity contribution < 1.29 is 9.59 Å². The van der Waals surface area contributed by atoms with Gasteiger partial charge in [-0.3, -0.25) is 14.5 Å². The van der Waals surface area contributed by atoms with Crippen LogP contribution in [0.5, 0.6) is 0 Å². The van der Waals surface area contributed by atoms with Crippen molar-refractivity contribution >= 4 is 29.1 Å². The van der Waals surface area contributed by atoms with Crippen LogP contribution in [0.3, 0.4) is 0 Å². The topological polar surface area (TPSA) is 61.4 Å². The van der Waals surface area contributed by atoms with Crippen LogP contribution in [0.1, 0.15) is 26.7 Å². The van der Waals surface area contributed by atoms with E-state index in [0.29, 0.717) is 10.7 Å². The Balaban J connectivity index is 2.34. The number of hydrogen-bond donors (Lipinski definition) is 2. The van der Waals surface area contributed by atoms with Gasteiger partial charge in [0.15, 0.2) is 0 Å². The van der Waals surface area contributed by atoms with Crippen LogP contribution in [-0.4, -0.2) is 42.9 Å². The van der Waals surface area contributed by atoms with Gasteiger partial charge in [0.05, 0.1) is 13.1 Å². The molecule has 2 N–H and O–H groups in total. The Morgan fingerprint density at radius 3 is 2.36 bits per heavy atom. The molecule has 0 aliphatic rings. The maximum Gasteiger partial charge on any atom is 0.238 e. The zero-order chi connectivity index (χ0) is 16.5. The van der Waals surface area contributed by atoms with Crippen molar-refractivity contribution in [3.05, 3.63) is 29.3 Å². The molecule has 0 radical (unpaired) electrons. The van der Waals surface area contributed by atoms with Crippen molar-refractivity contribution in [1.29, 1.82) is 0 Å². The van der Waals surface area contributed by atoms with Crippen LogP contribution in [0.25, 0.3) is 0 Å². The van der Waals surface area contributed by atoms with Crippen molar-refractivity contribution in [2.75, 3.05) is 25.5 Å². The molecule has 6 heteroatoms. The maximum absolute atomic E-state index is 11.9. The van der Waals surface area contributed by atoms with E-state index in [0.717, 1.165) is 12.8 Å². The summed E-state index contributed by atoms with van der Waals surface area (Å²) in [6, 6.07) is 7.06. The molecule has 0 heterocycles. The van der Waals surface area contributed by atoms with Gasteiger partial charge >= 0.3 is 0 Å². The minimum absolute atomic E-state index is 0.0669. The number of halogens is 1. The molecule has 0 unspecified atom stereocenters. The summed E-state index contributed by atoms with van der Waals surface area (Å²) >= 11 is 5.79. The number of likely N-dealkylation sites (N-methyl/N-ethyl adjacent to an activating group) is 1. The fourth-order valence-electron chi connectivity index (χ4n) is 2.11. The van der Waals surface area contributed by atoms with E-state index in [2.05, 4.69) is 17.6 Å². The van der Waals surface area contributed by atoms with Gasteiger partial charge in [0.2, 0.25) is 11.8 Å². The first-order chi connectivity index (χ1) is 10.4. The fourth-order valence-corrected chi connectivity index (χ4v) is 2.23. The highest BCUT2D eigenvalue weighted by atomic mass is 35.5. The zero-order valence-electron chi connectivity index (χ0n) is 13.4. The molecule has 0 aliphatic carbocycles. The van der Waals surface area contributed by atoms with E-state index in [4.69, 9.17) is 11.6 Å². The molecule has 2 amide bonds. The number of benzene rings is 1. The second kappa shape index (κ2) is 9.43. The highest BCUT2D eigenvalue weighted by Crippen LogP contribution is 2.13. The third-order valence-corrected chi connectivity index (χ3v) is 3.34. The van der Waals surface area contributed by atoms with E-state index in [1.165, 1.54) is 0 Å². The van der Waals surface area contributed by atoms with Gasteiger partial charge < -0.3 is 10.6 Å². The maximum atomic E-state index is 11.9. The second-order valence-electron chi connectivity index (χ2n) is 5.48. The number of rotatable bonds is 8. The largest absolute Gasteiger partial charge is 0.353 e. The summed E-state index contributed by atoms with van der Waals surface area (Å²) in [5.74, 6) is -0.234. The molecule has 1 aromatic carbocycles. The highest BCUT2D eigenvalue weighted by molar-refractivity contribution is 6.30. The standard InChI is InChI=1S/C16H24ClN3O2/c1-4-5-12(2)18-15(21)10-20(3)11-16(22)19-14-8-6-13(17)7-9-14/h6-9,12H,4-5,10-11H2,1-3H3,(H,18,21)(H,19,22)/t12-/m0/s1. The molecular weight excluding hydrogens is 302 g/mol. The first-order valence-electron chi connectivity index (χ1n) is 7.44. The van der Waals surface area contributed by atoms with Gasteiger partial charge in [-0.2, -0.15) is 0 Å². The second-order valence-corrected chi connectivity index (χ2v) is 5.92. The minimum atomic E-state index is -0.167. The van der Waals surface area contributed by atoms with Gasteiger partial charge in [-0.1, -0.05) is 24.9 Å². The molecule has 22 heavy (non-hydrogen) atoms. The molecule has 1 atom stereocenters. The van der Waals surface area contributed by atoms with Gasteiger partial charge in [-0.05, 0) is 44.7 Å². The van der Waals surface area contributed by atoms with E-state index in [-0.39, 0.29) is 30.9 Å². The number of nitrogens with zero attached hydrogens (tertiary/aromatic N) is 1. The average molecular weight is 326 g/mol. The molecule has 0 saturated heterocycles. The van der Waals surface area contributed by atoms with Crippen molar-refractivity contribution in [2.45, 2.75) is 32.7 Å². The molecule has 0 saturated carbocycles. The lowest BCUT2D eigenvalue weighted by Gasteiger charge is -2.18. The van der Waals surface area contributed by atoms with Crippen molar-refractivity contribution in [3.63, 3.8) is 0 Å². The first-order valence-corrected chi connectivity index (χ1v) is 7.81. The molecular formula is C16H24ClN3O2. The Labute approximate surface area is 137 Å². The lowest BCUT2D eigenvalue weighted by molar-refractivity contribution is -0.123. The summed E-state index contributed by atoms with van der Waals surface area (Å²) in [7, 11) is 1.74. The van der Waals surface area contributed by atoms with Crippen LogP contribution in [0.4, 0.5) is 5.69 Å². The number of anilines is 1. The Bertz CT molecular complexity index is 491. The molecule has 122 valence electrons. The predicted molar refractivity (Wildman–Crippen MR) is 90.1 cm³/mol. The summed E-state index contributed by atoms with van der Waals surface area (Å²) in [4.78, 5) is 25.4. The number of nitrogens with one attached hydrogen (secondary N) is 2. The zero-order valence-corrected chi connectivity index (χ0v) is 14.1. The van der Waals surface area contributed by atoms with Crippen LogP contribution in [0.2, 0.25) is 5.02 Å². The summed E-state index contributed by atoms with van der Waals surface area (Å²) in [5.41, 5.74) is 0.684. The summed E-state index contributed by atoms with van der Waals surface area (Å²) in [6.07, 6.45) is 1.98. The Morgan fingerprint density at radius 1 is 1.18 bits per heavy atom. The Hall–Kier alpha value is -1.59. The number of hydrogen-bond acceptors (Lipinski definition) is 3. The van der Waals surface area contributed by atoms with E-state index < -0.39 is 0 Å². The summed E-state index contributed by atoms with van der Waals surface area (Å²) in [5, 5.41) is 6.30. The normalized spacial score (nSPS) is 12.0. The first kappa shape index (κ1) is 18.5. The van der Waals surface area contributed by atoms with Gasteiger partial charge in [0.25, 0.3) is 0 Å². The monoisotopic (exact) mass is 325 g/mol. The van der Waals surface area contributed by atoms with Crippen LogP contribution < -0.4 is 10.6 Å². The van der Waals surface area contributed by atoms with Gasteiger partial charge in [0.1, 0.15) is 0 Å². The van der Waals surface area contributed by atoms with Crippen LogP contribution in [-0.2, 0) is 9.59 Å². The fraction of sp³-hybridized carbons (Fsp3) is 0.500. The van der Waals surface area contributed by atoms with Crippen molar-refractivity contribution in [1.82, 2.24) is 10.2 Å². The summed E-state index contributed by atoms with van der Waals surface area (Å²) < 4.78 is 0. The quantitative estimate of drug-likeness (QED) is 0.772. The van der Waals surface area contributed by atoms with Gasteiger partial charge in [0, 0.05) is 16.8 Å². The Morgan fingerprint density at radius 2 is 1.77 bits per heavy atom. The molecule has 0 aromatic heterocycles. The van der Waals surface area contributed by atoms with E-state index in [1.807, 2.05) is 6.92 Å². The molecule has 0 aliphatic heterocycles. The van der Waals surface area contributed by atoms with Gasteiger partial charge in [-0.25, -0.2) is 0 Å². The SMILES string of the molecule is CCC[C@H](C)NC(=O)CN(C)CC(=O)Nc1ccc(Cl)cc1. The number of carbonyl (C=O) groups excluding carboxylic acids is 2. The third kappa shape index (κ3) is 7.43. The summed E-state index contributed by atoms with van der Waals surface area (Å²) in [6.45, 7) is 4.41. The molecule has 1 aromatic rings. The minimum Gasteiger partial charge on any atom is -0.353 e. The predicted octanol–water partition coefficient (Wildman–Crippen LogP) is 2.52. The number of amides is 2. The van der Waals surface area contributed by atoms with Gasteiger partial charge in [-0.15, -0.1) is 0 Å². The van der Waals surface area contributed by atoms with Crippen molar-refractivity contribution in [2.24, 2.45) is 0 Å². The van der Waals surface area contributed by atoms with E-state index in [9.17, 15) is 9.59 Å². The van der Waals surface area contributed by atoms with Crippen LogP contribution >= 0.6 is 11.6 Å². The smallest absolute Gasteiger partial charge is 0.238 e. The molecule has 0 fully saturated rings. The average Bonchev–Trinajstić information content (AvgIpc) is 2.40. The molecule has 5 nitrogen and oxygen atoms in total. The van der Waals surface area contributed by atoms with Crippen LogP contribution in [0, 0.1) is 0 Å². The molecule has 1 rings (SSSR count).